The van der Waals surface area contributed by atoms with Gasteiger partial charge in [-0.05, 0) is 24.6 Å². The summed E-state index contributed by atoms with van der Waals surface area (Å²) < 4.78 is 0. The van der Waals surface area contributed by atoms with Gasteiger partial charge in [-0.1, -0.05) is 6.07 Å². The predicted molar refractivity (Wildman–Crippen MR) is 79.8 cm³/mol. The van der Waals surface area contributed by atoms with E-state index in [0.717, 1.165) is 22.1 Å². The Morgan fingerprint density at radius 3 is 3.00 bits per heavy atom. The first-order valence-corrected chi connectivity index (χ1v) is 7.29. The Balaban J connectivity index is 1.79. The maximum Gasteiger partial charge on any atom is 0.271 e. The molecule has 0 bridgehead atoms. The number of dihydropyridines is 1. The van der Waals surface area contributed by atoms with Crippen LogP contribution in [0, 0.1) is 5.92 Å². The van der Waals surface area contributed by atoms with Crippen LogP contribution >= 0.6 is 11.8 Å². The number of thioether (sulfide) groups is 1. The molecule has 1 aromatic heterocycles. The van der Waals surface area contributed by atoms with E-state index in [-0.39, 0.29) is 11.8 Å². The van der Waals surface area contributed by atoms with Gasteiger partial charge >= 0.3 is 0 Å². The lowest BCUT2D eigenvalue weighted by Gasteiger charge is -2.20. The van der Waals surface area contributed by atoms with E-state index in [1.165, 1.54) is 0 Å². The van der Waals surface area contributed by atoms with Crippen LogP contribution in [0.5, 0.6) is 0 Å². The number of carbonyl (C=O) groups is 1. The number of carbonyl (C=O) groups excluding carboxylic acids is 1. The van der Waals surface area contributed by atoms with E-state index >= 15 is 0 Å². The van der Waals surface area contributed by atoms with Gasteiger partial charge in [-0.25, -0.2) is 4.98 Å². The topological polar surface area (TPSA) is 57.9 Å². The molecule has 5 nitrogen and oxygen atoms in total. The van der Waals surface area contributed by atoms with Gasteiger partial charge in [0.15, 0.2) is 0 Å². The molecule has 0 N–H and O–H groups in total. The van der Waals surface area contributed by atoms with E-state index in [9.17, 15) is 4.79 Å². The zero-order valence-corrected chi connectivity index (χ0v) is 12.1. The van der Waals surface area contributed by atoms with Crippen LogP contribution < -0.4 is 0 Å². The summed E-state index contributed by atoms with van der Waals surface area (Å²) in [5.41, 5.74) is 2.02. The molecule has 2 aliphatic rings. The molecule has 1 aromatic rings. The summed E-state index contributed by atoms with van der Waals surface area (Å²) in [6.07, 6.45) is 3.40. The number of hydrogen-bond acceptors (Lipinski definition) is 5. The molecule has 0 aromatic carbocycles. The average molecular weight is 286 g/mol. The van der Waals surface area contributed by atoms with Gasteiger partial charge in [-0.3, -0.25) is 9.80 Å². The van der Waals surface area contributed by atoms with Crippen LogP contribution in [-0.2, 0) is 4.79 Å². The quantitative estimate of drug-likeness (QED) is 0.797. The Hall–Kier alpha value is -1.95. The smallest absolute Gasteiger partial charge is 0.267 e. The molecule has 6 heteroatoms. The molecule has 0 spiro atoms. The van der Waals surface area contributed by atoms with Crippen LogP contribution in [0.4, 0.5) is 0 Å². The van der Waals surface area contributed by atoms with Crippen LogP contribution in [-0.4, -0.2) is 40.2 Å². The summed E-state index contributed by atoms with van der Waals surface area (Å²) in [5.74, 6) is 1.28. The van der Waals surface area contributed by atoms with Crippen molar-refractivity contribution < 1.29 is 4.79 Å². The van der Waals surface area contributed by atoms with Crippen LogP contribution in [0.2, 0.25) is 0 Å². The van der Waals surface area contributed by atoms with Crippen molar-refractivity contribution in [1.82, 2.24) is 9.99 Å². The summed E-state index contributed by atoms with van der Waals surface area (Å²) >= 11 is 1.62. The number of pyridine rings is 1. The third kappa shape index (κ3) is 2.38. The van der Waals surface area contributed by atoms with Gasteiger partial charge in [0, 0.05) is 25.1 Å². The van der Waals surface area contributed by atoms with Gasteiger partial charge < -0.3 is 0 Å². The van der Waals surface area contributed by atoms with Crippen molar-refractivity contribution in [3.8, 4) is 0 Å². The summed E-state index contributed by atoms with van der Waals surface area (Å²) in [7, 11) is 1.82. The third-order valence-electron chi connectivity index (χ3n) is 3.24. The van der Waals surface area contributed by atoms with Gasteiger partial charge in [0.1, 0.15) is 5.84 Å². The summed E-state index contributed by atoms with van der Waals surface area (Å²) in [4.78, 5) is 20.1. The number of amides is 1. The average Bonchev–Trinajstić information content (AvgIpc) is 2.72. The van der Waals surface area contributed by atoms with E-state index in [0.29, 0.717) is 5.75 Å². The molecule has 3 rings (SSSR count). The van der Waals surface area contributed by atoms with Crippen molar-refractivity contribution in [2.75, 3.05) is 12.8 Å². The normalized spacial score (nSPS) is 21.3. The number of rotatable bonds is 3. The zero-order valence-electron chi connectivity index (χ0n) is 11.3. The van der Waals surface area contributed by atoms with E-state index in [4.69, 9.17) is 0 Å². The Labute approximate surface area is 121 Å². The molecule has 0 fully saturated rings. The first-order chi connectivity index (χ1) is 9.65. The van der Waals surface area contributed by atoms with Crippen LogP contribution in [0.15, 0.2) is 51.2 Å². The Morgan fingerprint density at radius 1 is 1.40 bits per heavy atom. The molecule has 102 valence electrons. The maximum absolute atomic E-state index is 11.7. The minimum atomic E-state index is -0.204. The minimum absolute atomic E-state index is 0.0360. The van der Waals surface area contributed by atoms with E-state index in [1.807, 2.05) is 32.2 Å². The number of aliphatic imine (C=N–C) groups is 1. The highest BCUT2D eigenvalue weighted by molar-refractivity contribution is 7.99. The number of nitrogens with zero attached hydrogens (tertiary/aromatic N) is 4. The Morgan fingerprint density at radius 2 is 2.25 bits per heavy atom. The van der Waals surface area contributed by atoms with E-state index < -0.39 is 0 Å². The van der Waals surface area contributed by atoms with Gasteiger partial charge in [0.25, 0.3) is 5.91 Å². The van der Waals surface area contributed by atoms with E-state index in [2.05, 4.69) is 15.1 Å². The highest BCUT2D eigenvalue weighted by Gasteiger charge is 2.35. The lowest BCUT2D eigenvalue weighted by atomic mass is 9.93. The van der Waals surface area contributed by atoms with Crippen LogP contribution in [0.25, 0.3) is 0 Å². The summed E-state index contributed by atoms with van der Waals surface area (Å²) in [5, 5.41) is 7.02. The molecule has 0 aliphatic carbocycles. The predicted octanol–water partition coefficient (Wildman–Crippen LogP) is 1.98. The highest BCUT2D eigenvalue weighted by atomic mass is 32.2. The fraction of sp³-hybridized carbons (Fsp3) is 0.286. The lowest BCUT2D eigenvalue weighted by Crippen LogP contribution is -2.31. The number of hydrazone groups is 1. The second kappa shape index (κ2) is 5.20. The molecule has 0 saturated carbocycles. The lowest BCUT2D eigenvalue weighted by molar-refractivity contribution is -0.113. The molecule has 0 saturated heterocycles. The monoisotopic (exact) mass is 286 g/mol. The number of amidine groups is 1. The molecular weight excluding hydrogens is 272 g/mol. The van der Waals surface area contributed by atoms with Crippen LogP contribution in [0.1, 0.15) is 6.92 Å². The molecule has 1 unspecified atom stereocenters. The van der Waals surface area contributed by atoms with Crippen molar-refractivity contribution in [3.05, 3.63) is 36.0 Å². The largest absolute Gasteiger partial charge is 0.271 e. The third-order valence-corrected chi connectivity index (χ3v) is 4.26. The molecule has 20 heavy (non-hydrogen) atoms. The second-order valence-corrected chi connectivity index (χ2v) is 5.68. The van der Waals surface area contributed by atoms with Gasteiger partial charge in [0.05, 0.1) is 16.7 Å². The minimum Gasteiger partial charge on any atom is -0.267 e. The number of aromatic nitrogens is 1. The molecule has 0 radical (unpaired) electrons. The molecule has 3 heterocycles. The van der Waals surface area contributed by atoms with Gasteiger partial charge in [-0.15, -0.1) is 11.8 Å². The van der Waals surface area contributed by atoms with Crippen molar-refractivity contribution in [3.63, 3.8) is 0 Å². The highest BCUT2D eigenvalue weighted by Crippen LogP contribution is 2.30. The van der Waals surface area contributed by atoms with Crippen molar-refractivity contribution in [2.24, 2.45) is 16.0 Å². The number of hydrogen-bond donors (Lipinski definition) is 0. The summed E-state index contributed by atoms with van der Waals surface area (Å²) in [6.45, 7) is 1.97. The first kappa shape index (κ1) is 13.1. The SMILES string of the molecule is CC1=NN(C)C2=NC(=O)C=C(CSc3ccccn3)C12. The van der Waals surface area contributed by atoms with Crippen molar-refractivity contribution in [2.45, 2.75) is 11.9 Å². The maximum atomic E-state index is 11.7. The molecule has 2 aliphatic heterocycles. The Bertz CT molecular complexity index is 636. The van der Waals surface area contributed by atoms with Crippen molar-refractivity contribution >= 4 is 29.2 Å². The Kier molecular flexibility index (Phi) is 3.40. The van der Waals surface area contributed by atoms with E-state index in [1.54, 1.807) is 29.0 Å². The standard InChI is InChI=1S/C14H14N4OS/c1-9-13-10(8-20-12-5-3-4-6-15-12)7-11(19)16-14(13)18(2)17-9/h3-7,13H,8H2,1-2H3. The zero-order chi connectivity index (χ0) is 14.1. The molecule has 1 atom stereocenters. The molecular formula is C14H14N4OS. The first-order valence-electron chi connectivity index (χ1n) is 6.31. The number of fused-ring (bicyclic) bond motifs is 1. The fourth-order valence-corrected chi connectivity index (χ4v) is 3.27. The van der Waals surface area contributed by atoms with Gasteiger partial charge in [0.2, 0.25) is 0 Å². The van der Waals surface area contributed by atoms with Crippen molar-refractivity contribution in [1.29, 1.82) is 0 Å². The van der Waals surface area contributed by atoms with Crippen LogP contribution in [0.3, 0.4) is 0 Å². The van der Waals surface area contributed by atoms with Gasteiger partial charge in [-0.2, -0.15) is 10.1 Å². The second-order valence-electron chi connectivity index (χ2n) is 4.68. The fourth-order valence-electron chi connectivity index (χ4n) is 2.39. The molecule has 1 amide bonds. The summed E-state index contributed by atoms with van der Waals surface area (Å²) in [6, 6.07) is 5.81.